The molecule has 112 valence electrons. The van der Waals surface area contributed by atoms with E-state index in [-0.39, 0.29) is 23.7 Å². The fourth-order valence-electron chi connectivity index (χ4n) is 1.89. The SMILES string of the molecule is CN(C)S(=O)(=O)C[C@@H]1COC[C@@H]1Nc1ncc(F)cn1. The summed E-state index contributed by atoms with van der Waals surface area (Å²) in [6, 6.07) is -0.213. The molecule has 2 heterocycles. The van der Waals surface area contributed by atoms with Crippen LogP contribution in [0.3, 0.4) is 0 Å². The Balaban J connectivity index is 2.02. The van der Waals surface area contributed by atoms with E-state index >= 15 is 0 Å². The highest BCUT2D eigenvalue weighted by Crippen LogP contribution is 2.19. The molecular formula is C11H17FN4O3S. The van der Waals surface area contributed by atoms with Crippen LogP contribution in [0.1, 0.15) is 0 Å². The van der Waals surface area contributed by atoms with Crippen molar-refractivity contribution < 1.29 is 17.5 Å². The molecule has 0 unspecified atom stereocenters. The predicted octanol–water partition coefficient (Wildman–Crippen LogP) is -0.0660. The van der Waals surface area contributed by atoms with E-state index in [0.29, 0.717) is 13.2 Å². The number of halogens is 1. The van der Waals surface area contributed by atoms with Crippen molar-refractivity contribution in [2.24, 2.45) is 5.92 Å². The largest absolute Gasteiger partial charge is 0.379 e. The minimum absolute atomic E-state index is 0.0150. The second kappa shape index (κ2) is 5.98. The summed E-state index contributed by atoms with van der Waals surface area (Å²) >= 11 is 0. The van der Waals surface area contributed by atoms with Crippen LogP contribution in [0.5, 0.6) is 0 Å². The minimum Gasteiger partial charge on any atom is -0.379 e. The van der Waals surface area contributed by atoms with Gasteiger partial charge in [-0.15, -0.1) is 0 Å². The number of sulfonamides is 1. The maximum Gasteiger partial charge on any atom is 0.223 e. The van der Waals surface area contributed by atoms with Crippen LogP contribution in [-0.2, 0) is 14.8 Å². The Morgan fingerprint density at radius 2 is 2.05 bits per heavy atom. The predicted molar refractivity (Wildman–Crippen MR) is 71.2 cm³/mol. The second-order valence-corrected chi connectivity index (χ2v) is 7.06. The molecule has 9 heteroatoms. The van der Waals surface area contributed by atoms with E-state index in [4.69, 9.17) is 4.74 Å². The van der Waals surface area contributed by atoms with Gasteiger partial charge in [0.2, 0.25) is 16.0 Å². The molecule has 20 heavy (non-hydrogen) atoms. The van der Waals surface area contributed by atoms with Crippen molar-refractivity contribution in [3.8, 4) is 0 Å². The van der Waals surface area contributed by atoms with Crippen molar-refractivity contribution in [1.82, 2.24) is 14.3 Å². The van der Waals surface area contributed by atoms with Gasteiger partial charge in [0, 0.05) is 20.0 Å². The highest BCUT2D eigenvalue weighted by Gasteiger charge is 2.33. The summed E-state index contributed by atoms with van der Waals surface area (Å²) in [6.07, 6.45) is 2.10. The quantitative estimate of drug-likeness (QED) is 0.820. The van der Waals surface area contributed by atoms with Gasteiger partial charge in [-0.25, -0.2) is 27.1 Å². The maximum absolute atomic E-state index is 12.7. The fraction of sp³-hybridized carbons (Fsp3) is 0.636. The Morgan fingerprint density at radius 3 is 2.65 bits per heavy atom. The Bertz CT molecular complexity index is 549. The van der Waals surface area contributed by atoms with Crippen molar-refractivity contribution >= 4 is 16.0 Å². The van der Waals surface area contributed by atoms with Crippen LogP contribution < -0.4 is 5.32 Å². The van der Waals surface area contributed by atoms with Crippen LogP contribution in [0.15, 0.2) is 12.4 Å². The summed E-state index contributed by atoms with van der Waals surface area (Å²) in [4.78, 5) is 7.59. The lowest BCUT2D eigenvalue weighted by molar-refractivity contribution is 0.187. The molecule has 0 amide bonds. The molecule has 0 aliphatic carbocycles. The summed E-state index contributed by atoms with van der Waals surface area (Å²) in [7, 11) is -0.308. The Hall–Kier alpha value is -1.32. The number of nitrogens with one attached hydrogen (secondary N) is 1. The van der Waals surface area contributed by atoms with Gasteiger partial charge in [-0.05, 0) is 0 Å². The molecule has 0 radical (unpaired) electrons. The van der Waals surface area contributed by atoms with E-state index in [9.17, 15) is 12.8 Å². The Morgan fingerprint density at radius 1 is 1.40 bits per heavy atom. The molecule has 1 aromatic heterocycles. The average Bonchev–Trinajstić information content (AvgIpc) is 2.79. The highest BCUT2D eigenvalue weighted by molar-refractivity contribution is 7.89. The average molecular weight is 304 g/mol. The van der Waals surface area contributed by atoms with Gasteiger partial charge in [0.05, 0.1) is 37.4 Å². The molecular weight excluding hydrogens is 287 g/mol. The van der Waals surface area contributed by atoms with Crippen molar-refractivity contribution in [2.45, 2.75) is 6.04 Å². The summed E-state index contributed by atoms with van der Waals surface area (Å²) in [5, 5.41) is 2.98. The zero-order valence-electron chi connectivity index (χ0n) is 11.3. The van der Waals surface area contributed by atoms with E-state index in [0.717, 1.165) is 12.4 Å². The molecule has 2 atom stereocenters. The summed E-state index contributed by atoms with van der Waals surface area (Å²) in [6.45, 7) is 0.723. The molecule has 1 fully saturated rings. The van der Waals surface area contributed by atoms with Crippen LogP contribution in [0.2, 0.25) is 0 Å². The van der Waals surface area contributed by atoms with Crippen molar-refractivity contribution in [1.29, 1.82) is 0 Å². The highest BCUT2D eigenvalue weighted by atomic mass is 32.2. The first-order chi connectivity index (χ1) is 9.38. The molecule has 1 aliphatic heterocycles. The molecule has 0 aromatic carbocycles. The molecule has 0 saturated carbocycles. The number of nitrogens with zero attached hydrogens (tertiary/aromatic N) is 3. The van der Waals surface area contributed by atoms with Crippen LogP contribution in [0.4, 0.5) is 10.3 Å². The Kier molecular flexibility index (Phi) is 4.51. The normalized spacial score (nSPS) is 23.2. The zero-order chi connectivity index (χ0) is 14.8. The lowest BCUT2D eigenvalue weighted by Crippen LogP contribution is -2.37. The topological polar surface area (TPSA) is 84.4 Å². The van der Waals surface area contributed by atoms with Gasteiger partial charge in [0.1, 0.15) is 0 Å². The summed E-state index contributed by atoms with van der Waals surface area (Å²) < 4.78 is 43.0. The van der Waals surface area contributed by atoms with E-state index in [1.54, 1.807) is 0 Å². The summed E-state index contributed by atoms with van der Waals surface area (Å²) in [5.74, 6) is -0.478. The molecule has 1 saturated heterocycles. The Labute approximate surface area is 117 Å². The number of hydrogen-bond acceptors (Lipinski definition) is 6. The molecule has 2 rings (SSSR count). The number of hydrogen-bond donors (Lipinski definition) is 1. The van der Waals surface area contributed by atoms with Gasteiger partial charge in [0.15, 0.2) is 5.82 Å². The van der Waals surface area contributed by atoms with E-state index in [2.05, 4.69) is 15.3 Å². The van der Waals surface area contributed by atoms with Gasteiger partial charge < -0.3 is 10.1 Å². The van der Waals surface area contributed by atoms with Crippen molar-refractivity contribution in [2.75, 3.05) is 38.4 Å². The van der Waals surface area contributed by atoms with Crippen LogP contribution in [-0.4, -0.2) is 61.8 Å². The first-order valence-corrected chi connectivity index (χ1v) is 7.71. The first kappa shape index (κ1) is 15.1. The van der Waals surface area contributed by atoms with E-state index in [1.165, 1.54) is 18.4 Å². The number of ether oxygens (including phenoxy) is 1. The van der Waals surface area contributed by atoms with Crippen LogP contribution in [0, 0.1) is 11.7 Å². The molecule has 7 nitrogen and oxygen atoms in total. The van der Waals surface area contributed by atoms with E-state index in [1.807, 2.05) is 0 Å². The van der Waals surface area contributed by atoms with Gasteiger partial charge in [-0.3, -0.25) is 0 Å². The lowest BCUT2D eigenvalue weighted by atomic mass is 10.1. The van der Waals surface area contributed by atoms with Crippen molar-refractivity contribution in [3.63, 3.8) is 0 Å². The zero-order valence-corrected chi connectivity index (χ0v) is 12.1. The first-order valence-electron chi connectivity index (χ1n) is 6.10. The summed E-state index contributed by atoms with van der Waals surface area (Å²) in [5.41, 5.74) is 0. The van der Waals surface area contributed by atoms with Crippen LogP contribution >= 0.6 is 0 Å². The van der Waals surface area contributed by atoms with Gasteiger partial charge >= 0.3 is 0 Å². The van der Waals surface area contributed by atoms with Crippen molar-refractivity contribution in [3.05, 3.63) is 18.2 Å². The number of aromatic nitrogens is 2. The molecule has 1 aliphatic rings. The number of rotatable bonds is 5. The molecule has 1 N–H and O–H groups in total. The molecule has 0 spiro atoms. The van der Waals surface area contributed by atoms with Gasteiger partial charge in [0.25, 0.3) is 0 Å². The van der Waals surface area contributed by atoms with Crippen LogP contribution in [0.25, 0.3) is 0 Å². The second-order valence-electron chi connectivity index (χ2n) is 4.83. The smallest absolute Gasteiger partial charge is 0.223 e. The monoisotopic (exact) mass is 304 g/mol. The van der Waals surface area contributed by atoms with Gasteiger partial charge in [-0.2, -0.15) is 0 Å². The minimum atomic E-state index is -3.30. The third-order valence-electron chi connectivity index (χ3n) is 3.11. The van der Waals surface area contributed by atoms with E-state index < -0.39 is 15.8 Å². The molecule has 0 bridgehead atoms. The molecule has 1 aromatic rings. The maximum atomic E-state index is 12.7. The van der Waals surface area contributed by atoms with Gasteiger partial charge in [-0.1, -0.05) is 0 Å². The third-order valence-corrected chi connectivity index (χ3v) is 5.08. The fourth-order valence-corrected chi connectivity index (χ4v) is 3.06. The number of anilines is 1. The third kappa shape index (κ3) is 3.62. The standard InChI is InChI=1S/C11H17FN4O3S/c1-16(2)20(17,18)7-8-5-19-6-10(8)15-11-13-3-9(12)4-14-11/h3-4,8,10H,5-7H2,1-2H3,(H,13,14,15)/t8-,10-/m0/s1. The lowest BCUT2D eigenvalue weighted by Gasteiger charge is -2.20.